The number of nitrogens with one attached hydrogen (secondary N) is 1. The highest BCUT2D eigenvalue weighted by atomic mass is 32.2. The molecular formula is C15H22N2O2S. The number of aromatic nitrogens is 1. The summed E-state index contributed by atoms with van der Waals surface area (Å²) in [6.45, 7) is 0. The zero-order valence-corrected chi connectivity index (χ0v) is 12.7. The molecule has 0 spiro atoms. The summed E-state index contributed by atoms with van der Waals surface area (Å²) in [6.07, 6.45) is 6.01. The minimum atomic E-state index is -2.83. The number of hydrogen-bond acceptors (Lipinski definition) is 4. The molecule has 2 heterocycles. The maximum Gasteiger partial charge on any atom is 0.150 e. The third-order valence-electron chi connectivity index (χ3n) is 4.78. The van der Waals surface area contributed by atoms with Crippen LogP contribution in [0.25, 0.3) is 0 Å². The van der Waals surface area contributed by atoms with Gasteiger partial charge in [0.25, 0.3) is 0 Å². The summed E-state index contributed by atoms with van der Waals surface area (Å²) in [5.41, 5.74) is 2.52. The lowest BCUT2D eigenvalue weighted by molar-refractivity contribution is 0.317. The molecule has 4 nitrogen and oxygen atoms in total. The van der Waals surface area contributed by atoms with Crippen molar-refractivity contribution >= 4 is 9.84 Å². The van der Waals surface area contributed by atoms with E-state index >= 15 is 0 Å². The molecule has 2 aliphatic rings. The second kappa shape index (κ2) is 5.45. The van der Waals surface area contributed by atoms with Crippen molar-refractivity contribution in [2.75, 3.05) is 18.6 Å². The van der Waals surface area contributed by atoms with Crippen LogP contribution >= 0.6 is 0 Å². The normalized spacial score (nSPS) is 29.9. The molecule has 1 aliphatic heterocycles. The number of hydrogen-bond donors (Lipinski definition) is 1. The van der Waals surface area contributed by atoms with Gasteiger partial charge in [-0.15, -0.1) is 0 Å². The van der Waals surface area contributed by atoms with Crippen molar-refractivity contribution in [1.29, 1.82) is 0 Å². The fourth-order valence-electron chi connectivity index (χ4n) is 3.87. The summed E-state index contributed by atoms with van der Waals surface area (Å²) in [5.74, 6) is 1.25. The fraction of sp³-hybridized carbons (Fsp3) is 0.667. The number of rotatable bonds is 3. The van der Waals surface area contributed by atoms with E-state index in [-0.39, 0.29) is 12.0 Å². The monoisotopic (exact) mass is 294 g/mol. The highest BCUT2D eigenvalue weighted by Gasteiger charge is 2.39. The van der Waals surface area contributed by atoms with Crippen molar-refractivity contribution in [1.82, 2.24) is 10.3 Å². The van der Waals surface area contributed by atoms with E-state index in [1.165, 1.54) is 17.7 Å². The Hall–Kier alpha value is -0.940. The number of fused-ring (bicyclic) bond motifs is 1. The summed E-state index contributed by atoms with van der Waals surface area (Å²) in [4.78, 5) is 4.59. The van der Waals surface area contributed by atoms with E-state index in [9.17, 15) is 8.42 Å². The number of nitrogens with zero attached hydrogens (tertiary/aromatic N) is 1. The quantitative estimate of drug-likeness (QED) is 0.918. The summed E-state index contributed by atoms with van der Waals surface area (Å²) >= 11 is 0. The first-order valence-electron chi connectivity index (χ1n) is 7.42. The third kappa shape index (κ3) is 2.61. The van der Waals surface area contributed by atoms with E-state index < -0.39 is 9.84 Å². The topological polar surface area (TPSA) is 59.1 Å². The first-order chi connectivity index (χ1) is 9.61. The van der Waals surface area contributed by atoms with E-state index in [1.54, 1.807) is 0 Å². The largest absolute Gasteiger partial charge is 0.316 e. The Balaban J connectivity index is 1.88. The number of aryl methyl sites for hydroxylation is 1. The van der Waals surface area contributed by atoms with E-state index in [1.807, 2.05) is 19.3 Å². The van der Waals surface area contributed by atoms with Gasteiger partial charge >= 0.3 is 0 Å². The average molecular weight is 294 g/mol. The van der Waals surface area contributed by atoms with E-state index in [0.29, 0.717) is 17.4 Å². The fourth-order valence-corrected chi connectivity index (χ4v) is 5.72. The molecule has 0 aromatic carbocycles. The molecule has 1 N–H and O–H groups in total. The summed E-state index contributed by atoms with van der Waals surface area (Å²) in [5, 5.41) is 3.39. The molecule has 3 atom stereocenters. The predicted octanol–water partition coefficient (Wildman–Crippen LogP) is 1.52. The van der Waals surface area contributed by atoms with Crippen LogP contribution < -0.4 is 5.32 Å². The van der Waals surface area contributed by atoms with Crippen molar-refractivity contribution in [3.8, 4) is 0 Å². The van der Waals surface area contributed by atoms with Crippen LogP contribution in [-0.2, 0) is 16.3 Å². The molecule has 1 aromatic rings. The molecule has 3 rings (SSSR count). The van der Waals surface area contributed by atoms with Crippen LogP contribution in [0.4, 0.5) is 0 Å². The standard InChI is InChI=1S/C15H22N2O2S/c1-16-14(12-7-9-20(18,19)10-12)13-6-2-4-11-5-3-8-17-15(11)13/h3,5,8,12-14,16H,2,4,6-7,9-10H2,1H3. The van der Waals surface area contributed by atoms with Gasteiger partial charge in [-0.2, -0.15) is 0 Å². The Kier molecular flexibility index (Phi) is 3.82. The minimum absolute atomic E-state index is 0.223. The van der Waals surface area contributed by atoms with Crippen molar-refractivity contribution in [3.05, 3.63) is 29.6 Å². The smallest absolute Gasteiger partial charge is 0.150 e. The molecule has 5 heteroatoms. The second-order valence-corrected chi connectivity index (χ2v) is 8.25. The zero-order chi connectivity index (χ0) is 14.2. The molecule has 0 saturated carbocycles. The van der Waals surface area contributed by atoms with Gasteiger partial charge in [0.15, 0.2) is 9.84 Å². The van der Waals surface area contributed by atoms with Gasteiger partial charge in [-0.1, -0.05) is 6.07 Å². The Labute approximate surface area is 120 Å². The molecule has 20 heavy (non-hydrogen) atoms. The second-order valence-electron chi connectivity index (χ2n) is 6.02. The molecule has 1 saturated heterocycles. The van der Waals surface area contributed by atoms with Gasteiger partial charge in [-0.05, 0) is 50.3 Å². The summed E-state index contributed by atoms with van der Waals surface area (Å²) in [7, 11) is -0.876. The van der Waals surface area contributed by atoms with Crippen LogP contribution in [0, 0.1) is 5.92 Å². The molecular weight excluding hydrogens is 272 g/mol. The molecule has 0 amide bonds. The zero-order valence-electron chi connectivity index (χ0n) is 11.9. The van der Waals surface area contributed by atoms with Crippen molar-refractivity contribution in [3.63, 3.8) is 0 Å². The number of sulfone groups is 1. The van der Waals surface area contributed by atoms with Crippen molar-refractivity contribution < 1.29 is 8.42 Å². The van der Waals surface area contributed by atoms with Gasteiger partial charge in [0.1, 0.15) is 0 Å². The van der Waals surface area contributed by atoms with Gasteiger partial charge in [-0.25, -0.2) is 8.42 Å². The number of pyridine rings is 1. The summed E-state index contributed by atoms with van der Waals surface area (Å²) < 4.78 is 23.5. The van der Waals surface area contributed by atoms with Gasteiger partial charge in [0.05, 0.1) is 11.5 Å². The minimum Gasteiger partial charge on any atom is -0.316 e. The molecule has 1 fully saturated rings. The van der Waals surface area contributed by atoms with Gasteiger partial charge in [0.2, 0.25) is 0 Å². The highest BCUT2D eigenvalue weighted by molar-refractivity contribution is 7.91. The van der Waals surface area contributed by atoms with Crippen LogP contribution in [0.1, 0.15) is 36.4 Å². The molecule has 110 valence electrons. The molecule has 0 bridgehead atoms. The molecule has 1 aromatic heterocycles. The number of likely N-dealkylation sites (N-methyl/N-ethyl adjacent to an activating group) is 1. The SMILES string of the molecule is CNC(C1CCS(=O)(=O)C1)C1CCCc2cccnc21. The van der Waals surface area contributed by atoms with Crippen LogP contribution in [0.15, 0.2) is 18.3 Å². The first-order valence-corrected chi connectivity index (χ1v) is 9.24. The van der Waals surface area contributed by atoms with Gasteiger partial charge in [0, 0.05) is 23.9 Å². The van der Waals surface area contributed by atoms with E-state index in [0.717, 1.165) is 19.3 Å². The van der Waals surface area contributed by atoms with Crippen LogP contribution in [-0.4, -0.2) is 38.0 Å². The molecule has 0 radical (unpaired) electrons. The average Bonchev–Trinajstić information content (AvgIpc) is 2.80. The predicted molar refractivity (Wildman–Crippen MR) is 79.5 cm³/mol. The Morgan fingerprint density at radius 2 is 2.25 bits per heavy atom. The van der Waals surface area contributed by atoms with E-state index in [4.69, 9.17) is 0 Å². The van der Waals surface area contributed by atoms with E-state index in [2.05, 4.69) is 16.4 Å². The maximum atomic E-state index is 11.7. The van der Waals surface area contributed by atoms with Gasteiger partial charge in [-0.3, -0.25) is 4.98 Å². The van der Waals surface area contributed by atoms with Gasteiger partial charge < -0.3 is 5.32 Å². The third-order valence-corrected chi connectivity index (χ3v) is 6.57. The molecule has 3 unspecified atom stereocenters. The van der Waals surface area contributed by atoms with Crippen molar-refractivity contribution in [2.45, 2.75) is 37.6 Å². The van der Waals surface area contributed by atoms with Crippen LogP contribution in [0.5, 0.6) is 0 Å². The van der Waals surface area contributed by atoms with Crippen LogP contribution in [0.2, 0.25) is 0 Å². The first kappa shape index (κ1) is 14.0. The lowest BCUT2D eigenvalue weighted by atomic mass is 9.77. The Bertz CT molecular complexity index is 585. The Morgan fingerprint density at radius 1 is 1.40 bits per heavy atom. The maximum absolute atomic E-state index is 11.7. The lowest BCUT2D eigenvalue weighted by Gasteiger charge is -2.34. The highest BCUT2D eigenvalue weighted by Crippen LogP contribution is 2.37. The van der Waals surface area contributed by atoms with Crippen molar-refractivity contribution in [2.24, 2.45) is 5.92 Å². The van der Waals surface area contributed by atoms with Crippen LogP contribution in [0.3, 0.4) is 0 Å². The Morgan fingerprint density at radius 3 is 2.95 bits per heavy atom. The molecule has 1 aliphatic carbocycles. The summed E-state index contributed by atoms with van der Waals surface area (Å²) in [6, 6.07) is 4.38. The lowest BCUT2D eigenvalue weighted by Crippen LogP contribution is -2.41.